The summed E-state index contributed by atoms with van der Waals surface area (Å²) in [6.07, 6.45) is 0. The molecule has 9 heteroatoms. The molecule has 0 saturated heterocycles. The van der Waals surface area contributed by atoms with E-state index < -0.39 is 5.38 Å². The standard InChI is InChI=1S/C13H11ClFN3O2S2/c1-7(14)11(20)16-12-17-18-13(22-12)21-6-10(19)8-2-4-9(15)5-3-8/h2-5,7H,6H2,1H3,(H,16,17,20). The highest BCUT2D eigenvalue weighted by Crippen LogP contribution is 2.26. The zero-order valence-electron chi connectivity index (χ0n) is 11.4. The highest BCUT2D eigenvalue weighted by Gasteiger charge is 2.14. The van der Waals surface area contributed by atoms with Gasteiger partial charge in [0.1, 0.15) is 11.2 Å². The van der Waals surface area contributed by atoms with E-state index in [1.165, 1.54) is 36.0 Å². The number of nitrogens with one attached hydrogen (secondary N) is 1. The summed E-state index contributed by atoms with van der Waals surface area (Å²) >= 11 is 7.99. The lowest BCUT2D eigenvalue weighted by molar-refractivity contribution is -0.115. The summed E-state index contributed by atoms with van der Waals surface area (Å²) in [5, 5.41) is 9.85. The molecular formula is C13H11ClFN3O2S2. The van der Waals surface area contributed by atoms with Crippen LogP contribution in [-0.4, -0.2) is 33.0 Å². The first-order valence-electron chi connectivity index (χ1n) is 6.15. The van der Waals surface area contributed by atoms with Crippen molar-refractivity contribution in [3.8, 4) is 0 Å². The number of aromatic nitrogens is 2. The molecule has 0 fully saturated rings. The van der Waals surface area contributed by atoms with Crippen LogP contribution in [0.4, 0.5) is 9.52 Å². The molecule has 1 heterocycles. The van der Waals surface area contributed by atoms with Crippen LogP contribution in [0.2, 0.25) is 0 Å². The fraction of sp³-hybridized carbons (Fsp3) is 0.231. The molecule has 5 nitrogen and oxygen atoms in total. The summed E-state index contributed by atoms with van der Waals surface area (Å²) in [5.74, 6) is -0.737. The number of carbonyl (C=O) groups is 2. The molecule has 0 radical (unpaired) electrons. The number of hydrogen-bond acceptors (Lipinski definition) is 6. The number of nitrogens with zero attached hydrogens (tertiary/aromatic N) is 2. The molecule has 1 N–H and O–H groups in total. The number of alkyl halides is 1. The van der Waals surface area contributed by atoms with E-state index in [2.05, 4.69) is 15.5 Å². The summed E-state index contributed by atoms with van der Waals surface area (Å²) in [4.78, 5) is 23.3. The molecule has 2 aromatic rings. The fourth-order valence-electron chi connectivity index (χ4n) is 1.37. The van der Waals surface area contributed by atoms with Crippen LogP contribution in [0.1, 0.15) is 17.3 Å². The SMILES string of the molecule is CC(Cl)C(=O)Nc1nnc(SCC(=O)c2ccc(F)cc2)s1. The Morgan fingerprint density at radius 3 is 2.68 bits per heavy atom. The van der Waals surface area contributed by atoms with Gasteiger partial charge in [-0.15, -0.1) is 21.8 Å². The number of ketones is 1. The lowest BCUT2D eigenvalue weighted by Crippen LogP contribution is -2.20. The van der Waals surface area contributed by atoms with Crippen LogP contribution >= 0.6 is 34.7 Å². The molecular weight excluding hydrogens is 349 g/mol. The second-order valence-electron chi connectivity index (χ2n) is 4.20. The molecule has 0 saturated carbocycles. The van der Waals surface area contributed by atoms with Crippen molar-refractivity contribution in [1.29, 1.82) is 0 Å². The minimum absolute atomic E-state index is 0.139. The summed E-state index contributed by atoms with van der Waals surface area (Å²) < 4.78 is 13.3. The van der Waals surface area contributed by atoms with Crippen molar-refractivity contribution in [3.63, 3.8) is 0 Å². The molecule has 0 bridgehead atoms. The Labute approximate surface area is 139 Å². The Morgan fingerprint density at radius 2 is 2.05 bits per heavy atom. The number of carbonyl (C=O) groups excluding carboxylic acids is 2. The Bertz CT molecular complexity index is 676. The van der Waals surface area contributed by atoms with Crippen molar-refractivity contribution in [1.82, 2.24) is 10.2 Å². The molecule has 22 heavy (non-hydrogen) atoms. The number of thioether (sulfide) groups is 1. The highest BCUT2D eigenvalue weighted by atomic mass is 35.5. The topological polar surface area (TPSA) is 72.0 Å². The summed E-state index contributed by atoms with van der Waals surface area (Å²) in [6, 6.07) is 5.35. The van der Waals surface area contributed by atoms with E-state index in [1.807, 2.05) is 0 Å². The van der Waals surface area contributed by atoms with E-state index in [-0.39, 0.29) is 23.3 Å². The second-order valence-corrected chi connectivity index (χ2v) is 7.05. The first-order chi connectivity index (χ1) is 10.5. The smallest absolute Gasteiger partial charge is 0.243 e. The maximum Gasteiger partial charge on any atom is 0.243 e. The van der Waals surface area contributed by atoms with Crippen molar-refractivity contribution in [2.45, 2.75) is 16.6 Å². The quantitative estimate of drug-likeness (QED) is 0.371. The first-order valence-corrected chi connectivity index (χ1v) is 8.39. The van der Waals surface area contributed by atoms with Gasteiger partial charge in [-0.2, -0.15) is 0 Å². The van der Waals surface area contributed by atoms with E-state index >= 15 is 0 Å². The van der Waals surface area contributed by atoms with Crippen LogP contribution in [0.5, 0.6) is 0 Å². The van der Waals surface area contributed by atoms with Gasteiger partial charge in [-0.05, 0) is 31.2 Å². The van der Waals surface area contributed by atoms with E-state index in [0.29, 0.717) is 15.0 Å². The molecule has 0 aliphatic rings. The fourth-order valence-corrected chi connectivity index (χ4v) is 3.07. The number of rotatable bonds is 6. The number of benzene rings is 1. The third-order valence-electron chi connectivity index (χ3n) is 2.49. The minimum Gasteiger partial charge on any atom is -0.299 e. The van der Waals surface area contributed by atoms with Gasteiger partial charge in [0.2, 0.25) is 11.0 Å². The van der Waals surface area contributed by atoms with Crippen molar-refractivity contribution >= 4 is 51.5 Å². The van der Waals surface area contributed by atoms with Crippen LogP contribution in [0, 0.1) is 5.82 Å². The Kier molecular flexibility index (Phi) is 5.87. The molecule has 1 atom stereocenters. The van der Waals surface area contributed by atoms with E-state index in [4.69, 9.17) is 11.6 Å². The van der Waals surface area contributed by atoms with Gasteiger partial charge in [0.05, 0.1) is 5.75 Å². The average Bonchev–Trinajstić information content (AvgIpc) is 2.93. The number of halogens is 2. The predicted octanol–water partition coefficient (Wildman–Crippen LogP) is 3.22. The van der Waals surface area contributed by atoms with Crippen molar-refractivity contribution in [2.24, 2.45) is 0 Å². The van der Waals surface area contributed by atoms with Crippen LogP contribution in [0.15, 0.2) is 28.6 Å². The monoisotopic (exact) mass is 359 g/mol. The lowest BCUT2D eigenvalue weighted by Gasteiger charge is -2.00. The van der Waals surface area contributed by atoms with Gasteiger partial charge in [0.25, 0.3) is 0 Å². The van der Waals surface area contributed by atoms with Crippen LogP contribution in [-0.2, 0) is 4.79 Å². The lowest BCUT2D eigenvalue weighted by atomic mass is 10.1. The molecule has 0 aliphatic carbocycles. The summed E-state index contributed by atoms with van der Waals surface area (Å²) in [5.41, 5.74) is 0.433. The van der Waals surface area contributed by atoms with Crippen LogP contribution in [0.3, 0.4) is 0 Å². The highest BCUT2D eigenvalue weighted by molar-refractivity contribution is 8.01. The van der Waals surface area contributed by atoms with E-state index in [9.17, 15) is 14.0 Å². The summed E-state index contributed by atoms with van der Waals surface area (Å²) in [7, 11) is 0. The minimum atomic E-state index is -0.667. The molecule has 0 spiro atoms. The zero-order valence-corrected chi connectivity index (χ0v) is 13.8. The van der Waals surface area contributed by atoms with Gasteiger partial charge in [-0.25, -0.2) is 4.39 Å². The average molecular weight is 360 g/mol. The van der Waals surface area contributed by atoms with Crippen molar-refractivity contribution < 1.29 is 14.0 Å². The van der Waals surface area contributed by atoms with Crippen molar-refractivity contribution in [3.05, 3.63) is 35.6 Å². The van der Waals surface area contributed by atoms with Crippen LogP contribution in [0.25, 0.3) is 0 Å². The molecule has 2 rings (SSSR count). The van der Waals surface area contributed by atoms with Crippen molar-refractivity contribution in [2.75, 3.05) is 11.1 Å². The summed E-state index contributed by atoms with van der Waals surface area (Å²) in [6.45, 7) is 1.55. The molecule has 1 aromatic heterocycles. The maximum absolute atomic E-state index is 12.8. The predicted molar refractivity (Wildman–Crippen MR) is 85.3 cm³/mol. The van der Waals surface area contributed by atoms with Crippen LogP contribution < -0.4 is 5.32 Å². The first kappa shape index (κ1) is 16.9. The number of amides is 1. The third kappa shape index (κ3) is 4.75. The van der Waals surface area contributed by atoms with E-state index in [1.54, 1.807) is 6.92 Å². The zero-order chi connectivity index (χ0) is 16.1. The Hall–Kier alpha value is -1.51. The second kappa shape index (κ2) is 7.66. The number of hydrogen-bond donors (Lipinski definition) is 1. The Balaban J connectivity index is 1.89. The van der Waals surface area contributed by atoms with Gasteiger partial charge in [0, 0.05) is 5.56 Å². The molecule has 1 unspecified atom stereocenters. The molecule has 0 aliphatic heterocycles. The molecule has 116 valence electrons. The Morgan fingerprint density at radius 1 is 1.36 bits per heavy atom. The number of anilines is 1. The number of Topliss-reactive ketones (excluding diaryl/α,β-unsaturated/α-hetero) is 1. The molecule has 1 amide bonds. The molecule has 1 aromatic carbocycles. The third-order valence-corrected chi connectivity index (χ3v) is 4.66. The largest absolute Gasteiger partial charge is 0.299 e. The maximum atomic E-state index is 12.8. The van der Waals surface area contributed by atoms with Gasteiger partial charge < -0.3 is 0 Å². The normalized spacial score (nSPS) is 12.0. The van der Waals surface area contributed by atoms with E-state index in [0.717, 1.165) is 11.3 Å². The van der Waals surface area contributed by atoms with Gasteiger partial charge in [-0.1, -0.05) is 23.1 Å². The van der Waals surface area contributed by atoms with Gasteiger partial charge >= 0.3 is 0 Å². The van der Waals surface area contributed by atoms with Gasteiger partial charge in [0.15, 0.2) is 10.1 Å². The van der Waals surface area contributed by atoms with Gasteiger partial charge in [-0.3, -0.25) is 14.9 Å².